The summed E-state index contributed by atoms with van der Waals surface area (Å²) in [5.41, 5.74) is 0.657. The van der Waals surface area contributed by atoms with Crippen molar-refractivity contribution in [1.82, 2.24) is 9.97 Å². The van der Waals surface area contributed by atoms with Crippen LogP contribution < -0.4 is 15.4 Å². The Bertz CT molecular complexity index is 964. The van der Waals surface area contributed by atoms with Gasteiger partial charge < -0.3 is 15.0 Å². The second-order valence-electron chi connectivity index (χ2n) is 7.39. The van der Waals surface area contributed by atoms with Crippen molar-refractivity contribution in [1.29, 1.82) is 0 Å². The van der Waals surface area contributed by atoms with Gasteiger partial charge in [0, 0.05) is 24.2 Å². The first kappa shape index (κ1) is 19.0. The minimum atomic E-state index is -3.76. The van der Waals surface area contributed by atoms with E-state index in [9.17, 15) is 12.8 Å². The van der Waals surface area contributed by atoms with Gasteiger partial charge in [-0.25, -0.2) is 22.9 Å². The monoisotopic (exact) mass is 407 g/mol. The summed E-state index contributed by atoms with van der Waals surface area (Å²) < 4.78 is 42.9. The number of nitrogens with one attached hydrogen (secondary N) is 1. The predicted octanol–water partition coefficient (Wildman–Crippen LogP) is 2.01. The number of primary sulfonamides is 1. The smallest absolute Gasteiger partial charge is 0.238 e. The third-order valence-corrected chi connectivity index (χ3v) is 6.25. The van der Waals surface area contributed by atoms with Gasteiger partial charge >= 0.3 is 0 Å². The summed E-state index contributed by atoms with van der Waals surface area (Å²) >= 11 is 0. The van der Waals surface area contributed by atoms with Crippen LogP contribution in [0.15, 0.2) is 35.4 Å². The van der Waals surface area contributed by atoms with E-state index < -0.39 is 15.8 Å². The molecule has 1 aromatic heterocycles. The Hall–Kier alpha value is -2.30. The zero-order valence-electron chi connectivity index (χ0n) is 15.3. The van der Waals surface area contributed by atoms with E-state index in [1.165, 1.54) is 18.6 Å². The normalized spacial score (nSPS) is 19.1. The van der Waals surface area contributed by atoms with Gasteiger partial charge in [-0.1, -0.05) is 6.42 Å². The van der Waals surface area contributed by atoms with Gasteiger partial charge in [0.25, 0.3) is 0 Å². The molecule has 3 N–H and O–H groups in total. The molecule has 1 spiro atoms. The average molecular weight is 407 g/mol. The second kappa shape index (κ2) is 7.26. The summed E-state index contributed by atoms with van der Waals surface area (Å²) in [5, 5.41) is 8.07. The molecule has 150 valence electrons. The van der Waals surface area contributed by atoms with Gasteiger partial charge in [-0.3, -0.25) is 0 Å². The van der Waals surface area contributed by atoms with Crippen molar-refractivity contribution in [2.75, 3.05) is 36.5 Å². The Morgan fingerprint density at radius 3 is 2.64 bits per heavy atom. The number of nitrogens with two attached hydrogens (primary N) is 1. The average Bonchev–Trinajstić information content (AvgIpc) is 2.86. The lowest BCUT2D eigenvalue weighted by Gasteiger charge is -2.43. The second-order valence-corrected chi connectivity index (χ2v) is 8.95. The highest BCUT2D eigenvalue weighted by Crippen LogP contribution is 2.43. The van der Waals surface area contributed by atoms with E-state index in [1.54, 1.807) is 12.1 Å². The highest BCUT2D eigenvalue weighted by atomic mass is 32.2. The molecule has 28 heavy (non-hydrogen) atoms. The van der Waals surface area contributed by atoms with Crippen molar-refractivity contribution < 1.29 is 17.5 Å². The molecule has 1 saturated carbocycles. The topological polar surface area (TPSA) is 110 Å². The number of halogens is 1. The number of anilines is 3. The molecular weight excluding hydrogens is 385 g/mol. The highest BCUT2D eigenvalue weighted by Gasteiger charge is 2.41. The zero-order valence-corrected chi connectivity index (χ0v) is 16.1. The number of hydrogen-bond acceptors (Lipinski definition) is 7. The molecule has 1 aliphatic heterocycles. The molecular formula is C18H22FN5O3S. The van der Waals surface area contributed by atoms with Gasteiger partial charge in [-0.05, 0) is 37.1 Å². The molecule has 0 radical (unpaired) electrons. The molecule has 2 fully saturated rings. The van der Waals surface area contributed by atoms with Crippen LogP contribution in [0, 0.1) is 11.2 Å². The van der Waals surface area contributed by atoms with Crippen LogP contribution in [0.2, 0.25) is 0 Å². The first-order valence-corrected chi connectivity index (χ1v) is 10.6. The zero-order chi connectivity index (χ0) is 19.8. The maximum atomic E-state index is 14.5. The number of aromatic nitrogens is 2. The molecule has 1 aliphatic carbocycles. The lowest BCUT2D eigenvalue weighted by atomic mass is 9.69. The van der Waals surface area contributed by atoms with E-state index in [0.29, 0.717) is 32.0 Å². The van der Waals surface area contributed by atoms with Gasteiger partial charge in [-0.15, -0.1) is 0 Å². The quantitative estimate of drug-likeness (QED) is 0.798. The molecule has 10 heteroatoms. The number of ether oxygens (including phenoxy) is 1. The first-order chi connectivity index (χ1) is 13.3. The van der Waals surface area contributed by atoms with Gasteiger partial charge in [0.1, 0.15) is 0 Å². The molecule has 8 nitrogen and oxygen atoms in total. The largest absolute Gasteiger partial charge is 0.379 e. The van der Waals surface area contributed by atoms with Crippen LogP contribution in [0.5, 0.6) is 0 Å². The molecule has 2 heterocycles. The fraction of sp³-hybridized carbons (Fsp3) is 0.444. The summed E-state index contributed by atoms with van der Waals surface area (Å²) in [6, 6.07) is 5.87. The third-order valence-electron chi connectivity index (χ3n) is 5.32. The number of hydrogen-bond donors (Lipinski definition) is 2. The van der Waals surface area contributed by atoms with Crippen LogP contribution in [0.1, 0.15) is 19.3 Å². The minimum absolute atomic E-state index is 0.00845. The summed E-state index contributed by atoms with van der Waals surface area (Å²) in [6.45, 7) is 2.52. The van der Waals surface area contributed by atoms with Crippen molar-refractivity contribution in [2.45, 2.75) is 24.2 Å². The molecule has 1 aromatic carbocycles. The SMILES string of the molecule is NS(=O)(=O)c1ccc(Nc2ncc(F)c(N3CCOCC4(CCC4)C3)n2)cc1. The van der Waals surface area contributed by atoms with Crippen molar-refractivity contribution in [2.24, 2.45) is 10.6 Å². The summed E-state index contributed by atoms with van der Waals surface area (Å²) in [7, 11) is -3.76. The molecule has 0 bridgehead atoms. The molecule has 1 saturated heterocycles. The fourth-order valence-electron chi connectivity index (χ4n) is 3.65. The lowest BCUT2D eigenvalue weighted by Crippen LogP contribution is -2.44. The van der Waals surface area contributed by atoms with Crippen LogP contribution in [0.4, 0.5) is 21.8 Å². The Kier molecular flexibility index (Phi) is 4.94. The Labute approximate surface area is 163 Å². The summed E-state index contributed by atoms with van der Waals surface area (Å²) in [6.07, 6.45) is 4.47. The predicted molar refractivity (Wildman–Crippen MR) is 102 cm³/mol. The molecule has 2 aromatic rings. The first-order valence-electron chi connectivity index (χ1n) is 9.10. The Morgan fingerprint density at radius 1 is 1.25 bits per heavy atom. The molecule has 2 aliphatic rings. The molecule has 0 atom stereocenters. The van der Waals surface area contributed by atoms with Gasteiger partial charge in [0.2, 0.25) is 16.0 Å². The van der Waals surface area contributed by atoms with Crippen LogP contribution >= 0.6 is 0 Å². The number of nitrogens with zero attached hydrogens (tertiary/aromatic N) is 3. The Balaban J connectivity index is 1.55. The molecule has 0 unspecified atom stereocenters. The fourth-order valence-corrected chi connectivity index (χ4v) is 4.17. The van der Waals surface area contributed by atoms with Crippen LogP contribution in [-0.4, -0.2) is 44.7 Å². The lowest BCUT2D eigenvalue weighted by molar-refractivity contribution is 0.0187. The maximum Gasteiger partial charge on any atom is 0.238 e. The van der Waals surface area contributed by atoms with Gasteiger partial charge in [0.05, 0.1) is 24.3 Å². The van der Waals surface area contributed by atoms with E-state index in [1.807, 2.05) is 4.90 Å². The van der Waals surface area contributed by atoms with E-state index in [4.69, 9.17) is 9.88 Å². The molecule has 4 rings (SSSR count). The van der Waals surface area contributed by atoms with Crippen LogP contribution in [-0.2, 0) is 14.8 Å². The van der Waals surface area contributed by atoms with Crippen molar-refractivity contribution in [3.05, 3.63) is 36.3 Å². The van der Waals surface area contributed by atoms with Crippen LogP contribution in [0.25, 0.3) is 0 Å². The maximum absolute atomic E-state index is 14.5. The van der Waals surface area contributed by atoms with Crippen molar-refractivity contribution >= 4 is 27.5 Å². The van der Waals surface area contributed by atoms with E-state index in [2.05, 4.69) is 15.3 Å². The summed E-state index contributed by atoms with van der Waals surface area (Å²) in [4.78, 5) is 10.3. The Morgan fingerprint density at radius 2 is 2.00 bits per heavy atom. The van der Waals surface area contributed by atoms with Gasteiger partial charge in [0.15, 0.2) is 11.6 Å². The summed E-state index contributed by atoms with van der Waals surface area (Å²) in [5.74, 6) is -0.00509. The van der Waals surface area contributed by atoms with Crippen molar-refractivity contribution in [3.8, 4) is 0 Å². The minimum Gasteiger partial charge on any atom is -0.379 e. The third kappa shape index (κ3) is 3.94. The van der Waals surface area contributed by atoms with Gasteiger partial charge in [-0.2, -0.15) is 4.98 Å². The van der Waals surface area contributed by atoms with E-state index >= 15 is 0 Å². The highest BCUT2D eigenvalue weighted by molar-refractivity contribution is 7.89. The number of rotatable bonds is 4. The van der Waals surface area contributed by atoms with Crippen molar-refractivity contribution in [3.63, 3.8) is 0 Å². The van der Waals surface area contributed by atoms with Crippen LogP contribution in [0.3, 0.4) is 0 Å². The van der Waals surface area contributed by atoms with E-state index in [-0.39, 0.29) is 22.1 Å². The molecule has 0 amide bonds. The number of sulfonamides is 1. The standard InChI is InChI=1S/C18H22FN5O3S/c19-15-10-21-17(22-13-2-4-14(5-3-13)28(20,25)26)23-16(15)24-8-9-27-12-18(11-24)6-1-7-18/h2-5,10H,1,6-9,11-12H2,(H2,20,25,26)(H,21,22,23). The number of benzene rings is 1. The van der Waals surface area contributed by atoms with E-state index in [0.717, 1.165) is 19.0 Å².